The number of nitrogens with zero attached hydrogens (tertiary/aromatic N) is 1. The highest BCUT2D eigenvalue weighted by Gasteiger charge is 2.04. The van der Waals surface area contributed by atoms with Gasteiger partial charge in [-0.3, -0.25) is 9.78 Å². The van der Waals surface area contributed by atoms with E-state index in [-0.39, 0.29) is 12.2 Å². The Balaban J connectivity index is 3.18. The van der Waals surface area contributed by atoms with E-state index in [9.17, 15) is 9.59 Å². The molecule has 1 aromatic heterocycles. The van der Waals surface area contributed by atoms with Crippen LogP contribution in [0.2, 0.25) is 0 Å². The van der Waals surface area contributed by atoms with Crippen molar-refractivity contribution in [2.75, 3.05) is 0 Å². The molecule has 0 radical (unpaired) electrons. The van der Waals surface area contributed by atoms with Crippen LogP contribution in [0.5, 0.6) is 0 Å². The van der Waals surface area contributed by atoms with Crippen molar-refractivity contribution < 1.29 is 0 Å². The van der Waals surface area contributed by atoms with Gasteiger partial charge in [-0.25, -0.2) is 4.79 Å². The summed E-state index contributed by atoms with van der Waals surface area (Å²) in [7, 11) is 0. The molecule has 14 heavy (non-hydrogen) atoms. The summed E-state index contributed by atoms with van der Waals surface area (Å²) < 4.78 is 1.48. The number of hydrogen-bond donors (Lipinski definition) is 2. The van der Waals surface area contributed by atoms with E-state index in [1.54, 1.807) is 0 Å². The summed E-state index contributed by atoms with van der Waals surface area (Å²) in [5.74, 6) is 0.351. The lowest BCUT2D eigenvalue weighted by atomic mass is 10.2. The molecule has 3 N–H and O–H groups in total. The number of aromatic amines is 1. The van der Waals surface area contributed by atoms with E-state index in [1.165, 1.54) is 10.8 Å². The zero-order valence-corrected chi connectivity index (χ0v) is 8.41. The highest BCUT2D eigenvalue weighted by Crippen LogP contribution is 1.95. The number of nitrogens with two attached hydrogens (primary N) is 1. The highest BCUT2D eigenvalue weighted by atomic mass is 16.2. The van der Waals surface area contributed by atoms with E-state index < -0.39 is 5.56 Å². The van der Waals surface area contributed by atoms with Crippen molar-refractivity contribution in [3.63, 3.8) is 0 Å². The minimum absolute atomic E-state index is 0.147. The van der Waals surface area contributed by atoms with Crippen molar-refractivity contribution in [1.82, 2.24) is 9.55 Å². The summed E-state index contributed by atoms with van der Waals surface area (Å²) >= 11 is 0. The summed E-state index contributed by atoms with van der Waals surface area (Å²) in [4.78, 5) is 24.7. The van der Waals surface area contributed by atoms with E-state index in [4.69, 9.17) is 5.73 Å². The van der Waals surface area contributed by atoms with E-state index in [0.29, 0.717) is 18.0 Å². The Morgan fingerprint density at radius 3 is 2.64 bits per heavy atom. The molecule has 0 bridgehead atoms. The van der Waals surface area contributed by atoms with Crippen LogP contribution in [0, 0.1) is 5.92 Å². The van der Waals surface area contributed by atoms with Crippen LogP contribution >= 0.6 is 0 Å². The van der Waals surface area contributed by atoms with Gasteiger partial charge in [-0.2, -0.15) is 0 Å². The summed E-state index contributed by atoms with van der Waals surface area (Å²) in [5, 5.41) is 0. The molecule has 78 valence electrons. The zero-order chi connectivity index (χ0) is 10.7. The van der Waals surface area contributed by atoms with Crippen LogP contribution in [0.15, 0.2) is 15.8 Å². The Kier molecular flexibility index (Phi) is 3.24. The van der Waals surface area contributed by atoms with Crippen molar-refractivity contribution in [3.8, 4) is 0 Å². The topological polar surface area (TPSA) is 80.9 Å². The number of hydrogen-bond acceptors (Lipinski definition) is 3. The van der Waals surface area contributed by atoms with Gasteiger partial charge in [0.05, 0.1) is 0 Å². The molecule has 0 aromatic carbocycles. The van der Waals surface area contributed by atoms with Crippen LogP contribution in [-0.4, -0.2) is 9.55 Å². The van der Waals surface area contributed by atoms with E-state index in [0.717, 1.165) is 0 Å². The standard InChI is InChI=1S/C9H15N3O2/c1-6(2)4-12-5-7(3-10)8(13)11-9(12)14/h5-6H,3-4,10H2,1-2H3,(H,11,13,14). The molecule has 0 aliphatic carbocycles. The van der Waals surface area contributed by atoms with Gasteiger partial charge in [-0.1, -0.05) is 13.8 Å². The second-order valence-electron chi connectivity index (χ2n) is 3.66. The van der Waals surface area contributed by atoms with Gasteiger partial charge in [0, 0.05) is 24.8 Å². The predicted octanol–water partition coefficient (Wildman–Crippen LogP) is -0.349. The maximum absolute atomic E-state index is 11.3. The first-order valence-electron chi connectivity index (χ1n) is 4.57. The largest absolute Gasteiger partial charge is 0.328 e. The fraction of sp³-hybridized carbons (Fsp3) is 0.556. The van der Waals surface area contributed by atoms with E-state index in [2.05, 4.69) is 4.98 Å². The van der Waals surface area contributed by atoms with E-state index >= 15 is 0 Å². The van der Waals surface area contributed by atoms with Crippen molar-refractivity contribution in [2.24, 2.45) is 11.7 Å². The van der Waals surface area contributed by atoms with Gasteiger partial charge in [0.25, 0.3) is 5.56 Å². The number of nitrogens with one attached hydrogen (secondary N) is 1. The predicted molar refractivity (Wildman–Crippen MR) is 54.1 cm³/mol. The second kappa shape index (κ2) is 4.23. The summed E-state index contributed by atoms with van der Waals surface area (Å²) in [6.07, 6.45) is 1.53. The molecular weight excluding hydrogens is 182 g/mol. The van der Waals surface area contributed by atoms with Crippen LogP contribution in [0.4, 0.5) is 0 Å². The molecule has 1 rings (SSSR count). The molecule has 0 aliphatic rings. The Morgan fingerprint density at radius 2 is 2.14 bits per heavy atom. The number of aromatic nitrogens is 2. The SMILES string of the molecule is CC(C)Cn1cc(CN)c(=O)[nH]c1=O. The molecule has 0 amide bonds. The van der Waals surface area contributed by atoms with Crippen molar-refractivity contribution >= 4 is 0 Å². The lowest BCUT2D eigenvalue weighted by molar-refractivity contribution is 0.499. The third kappa shape index (κ3) is 2.32. The lowest BCUT2D eigenvalue weighted by Crippen LogP contribution is -2.33. The summed E-state index contributed by atoms with van der Waals surface area (Å²) in [6.45, 7) is 4.73. The smallest absolute Gasteiger partial charge is 0.326 e. The van der Waals surface area contributed by atoms with Gasteiger partial charge in [0.15, 0.2) is 0 Å². The number of rotatable bonds is 3. The molecule has 1 aromatic rings. The molecule has 5 heteroatoms. The lowest BCUT2D eigenvalue weighted by Gasteiger charge is -2.08. The molecule has 0 unspecified atom stereocenters. The molecule has 0 fully saturated rings. The minimum atomic E-state index is -0.391. The highest BCUT2D eigenvalue weighted by molar-refractivity contribution is 5.03. The van der Waals surface area contributed by atoms with Crippen LogP contribution in [-0.2, 0) is 13.1 Å². The Bertz CT molecular complexity index is 417. The van der Waals surface area contributed by atoms with Crippen molar-refractivity contribution in [1.29, 1.82) is 0 Å². The fourth-order valence-electron chi connectivity index (χ4n) is 1.23. The normalized spacial score (nSPS) is 10.9. The van der Waals surface area contributed by atoms with Gasteiger partial charge in [0.2, 0.25) is 0 Å². The first kappa shape index (κ1) is 10.7. The van der Waals surface area contributed by atoms with Crippen LogP contribution in [0.25, 0.3) is 0 Å². The third-order valence-corrected chi connectivity index (χ3v) is 1.87. The maximum atomic E-state index is 11.3. The molecule has 0 spiro atoms. The van der Waals surface area contributed by atoms with Crippen molar-refractivity contribution in [3.05, 3.63) is 32.6 Å². The van der Waals surface area contributed by atoms with Crippen molar-refractivity contribution in [2.45, 2.75) is 26.9 Å². The van der Waals surface area contributed by atoms with E-state index in [1.807, 2.05) is 13.8 Å². The van der Waals surface area contributed by atoms with Gasteiger partial charge in [0.1, 0.15) is 0 Å². The average molecular weight is 197 g/mol. The van der Waals surface area contributed by atoms with Gasteiger partial charge in [-0.15, -0.1) is 0 Å². The first-order valence-corrected chi connectivity index (χ1v) is 4.57. The summed E-state index contributed by atoms with van der Waals surface area (Å²) in [6, 6.07) is 0. The second-order valence-corrected chi connectivity index (χ2v) is 3.66. The minimum Gasteiger partial charge on any atom is -0.326 e. The van der Waals surface area contributed by atoms with Gasteiger partial charge < -0.3 is 10.3 Å². The molecule has 0 aliphatic heterocycles. The van der Waals surface area contributed by atoms with Crippen LogP contribution in [0.3, 0.4) is 0 Å². The maximum Gasteiger partial charge on any atom is 0.328 e. The molecule has 0 atom stereocenters. The van der Waals surface area contributed by atoms with Crippen LogP contribution < -0.4 is 17.0 Å². The third-order valence-electron chi connectivity index (χ3n) is 1.87. The summed E-state index contributed by atoms with van der Waals surface area (Å²) in [5.41, 5.74) is 5.04. The molecule has 0 saturated carbocycles. The van der Waals surface area contributed by atoms with Gasteiger partial charge >= 0.3 is 5.69 Å². The Morgan fingerprint density at radius 1 is 1.50 bits per heavy atom. The Labute approximate surface area is 81.6 Å². The first-order chi connectivity index (χ1) is 6.54. The van der Waals surface area contributed by atoms with Crippen LogP contribution in [0.1, 0.15) is 19.4 Å². The quantitative estimate of drug-likeness (QED) is 0.695. The van der Waals surface area contributed by atoms with Gasteiger partial charge in [-0.05, 0) is 5.92 Å². The molecular formula is C9H15N3O2. The molecule has 5 nitrogen and oxygen atoms in total. The Hall–Kier alpha value is -1.36. The fourth-order valence-corrected chi connectivity index (χ4v) is 1.23. The number of H-pyrrole nitrogens is 1. The average Bonchev–Trinajstić information content (AvgIpc) is 2.09. The monoisotopic (exact) mass is 197 g/mol. The molecule has 1 heterocycles. The zero-order valence-electron chi connectivity index (χ0n) is 8.41. The molecule has 0 saturated heterocycles.